The minimum absolute atomic E-state index is 0.0160. The van der Waals surface area contributed by atoms with Crippen LogP contribution in [0.25, 0.3) is 0 Å². The quantitative estimate of drug-likeness (QED) is 0.618. The van der Waals surface area contributed by atoms with Gasteiger partial charge < -0.3 is 15.5 Å². The molecule has 5 heteroatoms. The second-order valence-corrected chi connectivity index (χ2v) is 5.44. The molecule has 21 heavy (non-hydrogen) atoms. The summed E-state index contributed by atoms with van der Waals surface area (Å²) in [6.07, 6.45) is 0. The van der Waals surface area contributed by atoms with E-state index in [9.17, 15) is 9.59 Å². The largest absolute Gasteiger partial charge is 0.349 e. The highest BCUT2D eigenvalue weighted by Gasteiger charge is 2.16. The number of carbonyl (C=O) groups excluding carboxylic acids is 2. The highest BCUT2D eigenvalue weighted by Crippen LogP contribution is 1.96. The Labute approximate surface area is 126 Å². The van der Waals surface area contributed by atoms with E-state index in [0.29, 0.717) is 19.6 Å². The standard InChI is InChI=1S/C16H25N3O2/c1-4-19(12-16(21)18-13(2)3)11-15(20)17-10-14-8-6-5-7-9-14/h5-9,13H,4,10-12H2,1-3H3,(H,17,20)(H,18,21)/p+1. The maximum Gasteiger partial charge on any atom is 0.275 e. The van der Waals surface area contributed by atoms with Crippen molar-refractivity contribution in [3.63, 3.8) is 0 Å². The third kappa shape index (κ3) is 7.46. The fraction of sp³-hybridized carbons (Fsp3) is 0.500. The molecule has 0 radical (unpaired) electrons. The van der Waals surface area contributed by atoms with Crippen LogP contribution in [-0.4, -0.2) is 37.5 Å². The average Bonchev–Trinajstić information content (AvgIpc) is 2.44. The summed E-state index contributed by atoms with van der Waals surface area (Å²) in [6, 6.07) is 9.91. The minimum atomic E-state index is -0.0342. The zero-order valence-electron chi connectivity index (χ0n) is 13.1. The molecule has 2 amide bonds. The Morgan fingerprint density at radius 3 is 2.29 bits per heavy atom. The number of rotatable bonds is 8. The van der Waals surface area contributed by atoms with Crippen molar-refractivity contribution in [1.82, 2.24) is 10.6 Å². The van der Waals surface area contributed by atoms with E-state index in [1.165, 1.54) is 0 Å². The Morgan fingerprint density at radius 2 is 1.71 bits per heavy atom. The number of nitrogens with one attached hydrogen (secondary N) is 3. The van der Waals surface area contributed by atoms with Crippen LogP contribution in [0.4, 0.5) is 0 Å². The maximum atomic E-state index is 11.9. The zero-order valence-corrected chi connectivity index (χ0v) is 13.1. The van der Waals surface area contributed by atoms with Crippen LogP contribution >= 0.6 is 0 Å². The predicted octanol–water partition coefficient (Wildman–Crippen LogP) is -0.268. The van der Waals surface area contributed by atoms with E-state index in [2.05, 4.69) is 10.6 Å². The Balaban J connectivity index is 2.35. The Bertz CT molecular complexity index is 446. The zero-order chi connectivity index (χ0) is 15.7. The molecule has 5 nitrogen and oxygen atoms in total. The molecular weight excluding hydrogens is 266 g/mol. The summed E-state index contributed by atoms with van der Waals surface area (Å²) in [7, 11) is 0. The van der Waals surface area contributed by atoms with Crippen LogP contribution in [0.2, 0.25) is 0 Å². The third-order valence-electron chi connectivity index (χ3n) is 3.10. The molecule has 3 N–H and O–H groups in total. The van der Waals surface area contributed by atoms with Crippen LogP contribution in [0.3, 0.4) is 0 Å². The second-order valence-electron chi connectivity index (χ2n) is 5.44. The fourth-order valence-electron chi connectivity index (χ4n) is 2.00. The molecule has 1 aromatic carbocycles. The van der Waals surface area contributed by atoms with Gasteiger partial charge in [-0.05, 0) is 26.3 Å². The van der Waals surface area contributed by atoms with Crippen molar-refractivity contribution in [3.8, 4) is 0 Å². The van der Waals surface area contributed by atoms with Gasteiger partial charge >= 0.3 is 0 Å². The Hall–Kier alpha value is -1.88. The molecule has 0 aliphatic heterocycles. The van der Waals surface area contributed by atoms with Crippen molar-refractivity contribution in [2.24, 2.45) is 0 Å². The number of hydrogen-bond acceptors (Lipinski definition) is 2. The van der Waals surface area contributed by atoms with E-state index in [-0.39, 0.29) is 17.9 Å². The van der Waals surface area contributed by atoms with Crippen LogP contribution in [0.15, 0.2) is 30.3 Å². The highest BCUT2D eigenvalue weighted by atomic mass is 16.2. The number of carbonyl (C=O) groups is 2. The summed E-state index contributed by atoms with van der Waals surface area (Å²) in [5.41, 5.74) is 1.07. The van der Waals surface area contributed by atoms with Gasteiger partial charge in [0.05, 0.1) is 6.54 Å². The monoisotopic (exact) mass is 292 g/mol. The van der Waals surface area contributed by atoms with Crippen LogP contribution < -0.4 is 15.5 Å². The van der Waals surface area contributed by atoms with Gasteiger partial charge in [0.1, 0.15) is 0 Å². The summed E-state index contributed by atoms with van der Waals surface area (Å²) in [5.74, 6) is -0.0502. The lowest BCUT2D eigenvalue weighted by atomic mass is 10.2. The molecule has 1 unspecified atom stereocenters. The van der Waals surface area contributed by atoms with E-state index >= 15 is 0 Å². The first-order chi connectivity index (χ1) is 10.0. The van der Waals surface area contributed by atoms with E-state index in [1.807, 2.05) is 51.1 Å². The molecule has 0 aliphatic rings. The number of likely N-dealkylation sites (N-methyl/N-ethyl adjacent to an activating group) is 1. The molecule has 0 fully saturated rings. The molecule has 1 aromatic rings. The number of quaternary nitrogens is 1. The summed E-state index contributed by atoms with van der Waals surface area (Å²) in [6.45, 7) is 7.73. The molecule has 0 heterocycles. The lowest BCUT2D eigenvalue weighted by Crippen LogP contribution is -3.14. The molecule has 0 bridgehead atoms. The van der Waals surface area contributed by atoms with Gasteiger partial charge in [-0.1, -0.05) is 30.3 Å². The van der Waals surface area contributed by atoms with Crippen LogP contribution in [0, 0.1) is 0 Å². The van der Waals surface area contributed by atoms with Gasteiger partial charge in [-0.15, -0.1) is 0 Å². The second kappa shape index (κ2) is 9.13. The van der Waals surface area contributed by atoms with Crippen molar-refractivity contribution in [2.45, 2.75) is 33.4 Å². The van der Waals surface area contributed by atoms with Gasteiger partial charge in [0, 0.05) is 12.6 Å². The van der Waals surface area contributed by atoms with Crippen LogP contribution in [0.1, 0.15) is 26.3 Å². The van der Waals surface area contributed by atoms with E-state index in [1.54, 1.807) is 0 Å². The van der Waals surface area contributed by atoms with Gasteiger partial charge in [0.15, 0.2) is 13.1 Å². The van der Waals surface area contributed by atoms with Crippen molar-refractivity contribution >= 4 is 11.8 Å². The van der Waals surface area contributed by atoms with Crippen molar-refractivity contribution in [2.75, 3.05) is 19.6 Å². The molecule has 0 saturated carbocycles. The lowest BCUT2D eigenvalue weighted by molar-refractivity contribution is -0.881. The van der Waals surface area contributed by atoms with Crippen LogP contribution in [-0.2, 0) is 16.1 Å². The topological polar surface area (TPSA) is 62.6 Å². The first-order valence-electron chi connectivity index (χ1n) is 7.44. The highest BCUT2D eigenvalue weighted by molar-refractivity contribution is 5.79. The predicted molar refractivity (Wildman–Crippen MR) is 82.8 cm³/mol. The lowest BCUT2D eigenvalue weighted by Gasteiger charge is -2.17. The Kier molecular flexibility index (Phi) is 7.46. The normalized spacial score (nSPS) is 12.0. The van der Waals surface area contributed by atoms with Gasteiger partial charge in [-0.2, -0.15) is 0 Å². The first-order valence-corrected chi connectivity index (χ1v) is 7.44. The SMILES string of the molecule is CC[NH+](CC(=O)NCc1ccccc1)CC(=O)NC(C)C. The number of hydrogen-bond donors (Lipinski definition) is 3. The van der Waals surface area contributed by atoms with Crippen molar-refractivity contribution in [1.29, 1.82) is 0 Å². The van der Waals surface area contributed by atoms with E-state index in [4.69, 9.17) is 0 Å². The average molecular weight is 292 g/mol. The molecule has 0 saturated heterocycles. The molecule has 1 rings (SSSR count). The van der Waals surface area contributed by atoms with E-state index < -0.39 is 0 Å². The first kappa shape index (κ1) is 17.2. The van der Waals surface area contributed by atoms with Crippen LogP contribution in [0.5, 0.6) is 0 Å². The maximum absolute atomic E-state index is 11.9. The number of benzene rings is 1. The van der Waals surface area contributed by atoms with Gasteiger partial charge in [-0.3, -0.25) is 9.59 Å². The molecule has 1 atom stereocenters. The van der Waals surface area contributed by atoms with Crippen molar-refractivity contribution in [3.05, 3.63) is 35.9 Å². The fourth-order valence-corrected chi connectivity index (χ4v) is 2.00. The summed E-state index contributed by atoms with van der Waals surface area (Å²) in [4.78, 5) is 24.6. The van der Waals surface area contributed by atoms with E-state index in [0.717, 1.165) is 17.0 Å². The van der Waals surface area contributed by atoms with Gasteiger partial charge in [0.25, 0.3) is 11.8 Å². The third-order valence-corrected chi connectivity index (χ3v) is 3.10. The molecular formula is C16H26N3O2+. The molecule has 0 spiro atoms. The molecule has 116 valence electrons. The molecule has 0 aromatic heterocycles. The summed E-state index contributed by atoms with van der Waals surface area (Å²) >= 11 is 0. The number of amides is 2. The minimum Gasteiger partial charge on any atom is -0.349 e. The summed E-state index contributed by atoms with van der Waals surface area (Å²) < 4.78 is 0. The van der Waals surface area contributed by atoms with Crippen molar-refractivity contribution < 1.29 is 14.5 Å². The Morgan fingerprint density at radius 1 is 1.10 bits per heavy atom. The van der Waals surface area contributed by atoms with Gasteiger partial charge in [-0.25, -0.2) is 0 Å². The summed E-state index contributed by atoms with van der Waals surface area (Å²) in [5, 5.41) is 5.73. The smallest absolute Gasteiger partial charge is 0.275 e. The molecule has 0 aliphatic carbocycles. The van der Waals surface area contributed by atoms with Gasteiger partial charge in [0.2, 0.25) is 0 Å².